The Labute approximate surface area is 130 Å². The van der Waals surface area contributed by atoms with Crippen LogP contribution in [0.15, 0.2) is 29.8 Å². The summed E-state index contributed by atoms with van der Waals surface area (Å²) >= 11 is 0. The van der Waals surface area contributed by atoms with Crippen LogP contribution in [0, 0.1) is 12.8 Å². The van der Waals surface area contributed by atoms with E-state index in [4.69, 9.17) is 0 Å². The number of nitrogens with zero attached hydrogens (tertiary/aromatic N) is 2. The molecule has 0 saturated carbocycles. The Morgan fingerprint density at radius 2 is 1.90 bits per heavy atom. The fraction of sp³-hybridized carbons (Fsp3) is 0.526. The second-order valence-corrected chi connectivity index (χ2v) is 6.32. The predicted molar refractivity (Wildman–Crippen MR) is 95.6 cm³/mol. The zero-order chi connectivity index (χ0) is 16.2. The van der Waals surface area contributed by atoms with Gasteiger partial charge in [0.1, 0.15) is 0 Å². The fourth-order valence-corrected chi connectivity index (χ4v) is 2.88. The lowest BCUT2D eigenvalue weighted by molar-refractivity contribution is 0.181. The third-order valence-corrected chi connectivity index (χ3v) is 4.38. The SMILES string of the molecule is C=Nc1cc(C)ccc1C(=C)[C@@H](C(C)C)N(C)C(C)CC. The van der Waals surface area contributed by atoms with E-state index in [2.05, 4.69) is 83.1 Å². The van der Waals surface area contributed by atoms with Crippen molar-refractivity contribution in [3.63, 3.8) is 0 Å². The maximum atomic E-state index is 4.39. The fourth-order valence-electron chi connectivity index (χ4n) is 2.88. The summed E-state index contributed by atoms with van der Waals surface area (Å²) < 4.78 is 0. The molecule has 1 aromatic carbocycles. The van der Waals surface area contributed by atoms with Gasteiger partial charge in [0.05, 0.1) is 5.69 Å². The molecular formula is C19H30N2. The molecule has 0 aromatic heterocycles. The second-order valence-electron chi connectivity index (χ2n) is 6.32. The monoisotopic (exact) mass is 286 g/mol. The van der Waals surface area contributed by atoms with Gasteiger partial charge in [-0.3, -0.25) is 9.89 Å². The van der Waals surface area contributed by atoms with Crippen molar-refractivity contribution < 1.29 is 0 Å². The van der Waals surface area contributed by atoms with Crippen molar-refractivity contribution in [2.45, 2.75) is 53.1 Å². The molecule has 1 rings (SSSR count). The van der Waals surface area contributed by atoms with Gasteiger partial charge in [-0.05, 0) is 57.2 Å². The van der Waals surface area contributed by atoms with Gasteiger partial charge in [0, 0.05) is 17.6 Å². The van der Waals surface area contributed by atoms with Crippen LogP contribution >= 0.6 is 0 Å². The van der Waals surface area contributed by atoms with Gasteiger partial charge in [0.15, 0.2) is 0 Å². The molecule has 1 aromatic rings. The highest BCUT2D eigenvalue weighted by atomic mass is 15.2. The summed E-state index contributed by atoms with van der Waals surface area (Å²) in [6.45, 7) is 19.2. The van der Waals surface area contributed by atoms with Gasteiger partial charge in [0.2, 0.25) is 0 Å². The van der Waals surface area contributed by atoms with Gasteiger partial charge in [-0.2, -0.15) is 0 Å². The molecule has 0 heterocycles. The molecule has 0 radical (unpaired) electrons. The Balaban J connectivity index is 3.21. The van der Waals surface area contributed by atoms with Crippen molar-refractivity contribution in [3.8, 4) is 0 Å². The van der Waals surface area contributed by atoms with Crippen molar-refractivity contribution in [3.05, 3.63) is 35.9 Å². The first-order chi connectivity index (χ1) is 9.83. The molecule has 0 bridgehead atoms. The van der Waals surface area contributed by atoms with E-state index in [1.165, 1.54) is 5.56 Å². The molecule has 0 N–H and O–H groups in total. The molecular weight excluding hydrogens is 256 g/mol. The normalized spacial score (nSPS) is 14.3. The number of benzene rings is 1. The summed E-state index contributed by atoms with van der Waals surface area (Å²) in [5.74, 6) is 0.496. The largest absolute Gasteiger partial charge is 0.296 e. The minimum absolute atomic E-state index is 0.308. The molecule has 2 nitrogen and oxygen atoms in total. The molecule has 0 amide bonds. The summed E-state index contributed by atoms with van der Waals surface area (Å²) in [7, 11) is 2.19. The van der Waals surface area contributed by atoms with Gasteiger partial charge < -0.3 is 0 Å². The van der Waals surface area contributed by atoms with E-state index in [9.17, 15) is 0 Å². The lowest BCUT2D eigenvalue weighted by Crippen LogP contribution is -2.42. The lowest BCUT2D eigenvalue weighted by Gasteiger charge is -2.37. The van der Waals surface area contributed by atoms with Crippen LogP contribution < -0.4 is 0 Å². The van der Waals surface area contributed by atoms with Crippen molar-refractivity contribution in [1.29, 1.82) is 0 Å². The zero-order valence-electron chi connectivity index (χ0n) is 14.5. The van der Waals surface area contributed by atoms with E-state index in [1.807, 2.05) is 0 Å². The molecule has 1 unspecified atom stereocenters. The van der Waals surface area contributed by atoms with E-state index in [-0.39, 0.29) is 0 Å². The number of hydrogen-bond donors (Lipinski definition) is 0. The highest BCUT2D eigenvalue weighted by Gasteiger charge is 2.26. The summed E-state index contributed by atoms with van der Waals surface area (Å²) in [4.78, 5) is 6.62. The molecule has 2 atom stereocenters. The molecule has 0 spiro atoms. The Hall–Kier alpha value is -1.41. The Morgan fingerprint density at radius 1 is 1.29 bits per heavy atom. The molecule has 116 valence electrons. The number of aliphatic imine (C=N–C) groups is 1. The zero-order valence-corrected chi connectivity index (χ0v) is 14.5. The Bertz CT molecular complexity index is 502. The Morgan fingerprint density at radius 3 is 2.38 bits per heavy atom. The van der Waals surface area contributed by atoms with E-state index in [0.29, 0.717) is 18.0 Å². The molecule has 2 heteroatoms. The number of rotatable bonds is 7. The topological polar surface area (TPSA) is 15.6 Å². The Kier molecular flexibility index (Phi) is 6.35. The van der Waals surface area contributed by atoms with Crippen LogP contribution in [0.5, 0.6) is 0 Å². The summed E-state index contributed by atoms with van der Waals surface area (Å²) in [6, 6.07) is 7.16. The highest BCUT2D eigenvalue weighted by Crippen LogP contribution is 2.33. The average Bonchev–Trinajstić information content (AvgIpc) is 2.45. The summed E-state index contributed by atoms with van der Waals surface area (Å²) in [5, 5.41) is 0. The summed E-state index contributed by atoms with van der Waals surface area (Å²) in [6.07, 6.45) is 1.13. The minimum atomic E-state index is 0.308. The third-order valence-electron chi connectivity index (χ3n) is 4.38. The van der Waals surface area contributed by atoms with E-state index >= 15 is 0 Å². The first kappa shape index (κ1) is 17.6. The number of aryl methyl sites for hydroxylation is 1. The van der Waals surface area contributed by atoms with Crippen molar-refractivity contribution in [1.82, 2.24) is 4.90 Å². The van der Waals surface area contributed by atoms with E-state index in [1.54, 1.807) is 0 Å². The van der Waals surface area contributed by atoms with Gasteiger partial charge in [0.25, 0.3) is 0 Å². The maximum absolute atomic E-state index is 4.39. The van der Waals surface area contributed by atoms with E-state index in [0.717, 1.165) is 23.2 Å². The maximum Gasteiger partial charge on any atom is 0.0700 e. The van der Waals surface area contributed by atoms with Crippen LogP contribution in [0.4, 0.5) is 5.69 Å². The molecule has 21 heavy (non-hydrogen) atoms. The highest BCUT2D eigenvalue weighted by molar-refractivity contribution is 5.77. The quantitative estimate of drug-likeness (QED) is 0.637. The average molecular weight is 286 g/mol. The van der Waals surface area contributed by atoms with Gasteiger partial charge in [-0.25, -0.2) is 0 Å². The first-order valence-corrected chi connectivity index (χ1v) is 7.81. The smallest absolute Gasteiger partial charge is 0.0700 e. The molecule has 0 fully saturated rings. The summed E-state index contributed by atoms with van der Waals surface area (Å²) in [5.41, 5.74) is 4.38. The van der Waals surface area contributed by atoms with Gasteiger partial charge in [-0.1, -0.05) is 39.5 Å². The standard InChI is InChI=1S/C19H30N2/c1-9-15(5)21(8)19(13(2)3)16(6)17-11-10-14(4)12-18(17)20-7/h10-13,15,19H,6-7,9H2,1-5,8H3/t15?,19-/m1/s1. The van der Waals surface area contributed by atoms with Crippen molar-refractivity contribution in [2.75, 3.05) is 7.05 Å². The molecule has 0 saturated heterocycles. The van der Waals surface area contributed by atoms with E-state index < -0.39 is 0 Å². The predicted octanol–water partition coefficient (Wildman–Crippen LogP) is 5.10. The second kappa shape index (κ2) is 7.56. The number of hydrogen-bond acceptors (Lipinski definition) is 2. The minimum Gasteiger partial charge on any atom is -0.296 e. The molecule has 0 aliphatic heterocycles. The van der Waals surface area contributed by atoms with Crippen LogP contribution in [0.1, 0.15) is 45.2 Å². The van der Waals surface area contributed by atoms with Crippen LogP contribution in [-0.2, 0) is 0 Å². The van der Waals surface area contributed by atoms with Gasteiger partial charge >= 0.3 is 0 Å². The lowest BCUT2D eigenvalue weighted by atomic mass is 9.88. The van der Waals surface area contributed by atoms with Crippen LogP contribution in [-0.4, -0.2) is 30.7 Å². The third kappa shape index (κ3) is 4.04. The molecule has 0 aliphatic rings. The van der Waals surface area contributed by atoms with Crippen LogP contribution in [0.25, 0.3) is 5.57 Å². The molecule has 0 aliphatic carbocycles. The van der Waals surface area contributed by atoms with Gasteiger partial charge in [-0.15, -0.1) is 0 Å². The number of likely N-dealkylation sites (N-methyl/N-ethyl adjacent to an activating group) is 1. The van der Waals surface area contributed by atoms with Crippen molar-refractivity contribution in [2.24, 2.45) is 10.9 Å². The van der Waals surface area contributed by atoms with Crippen LogP contribution in [0.3, 0.4) is 0 Å². The van der Waals surface area contributed by atoms with Crippen molar-refractivity contribution >= 4 is 18.0 Å². The van der Waals surface area contributed by atoms with Crippen LogP contribution in [0.2, 0.25) is 0 Å². The first-order valence-electron chi connectivity index (χ1n) is 7.81.